The van der Waals surface area contributed by atoms with Crippen molar-refractivity contribution in [3.63, 3.8) is 0 Å². The van der Waals surface area contributed by atoms with Crippen LogP contribution in [0.5, 0.6) is 0 Å². The average Bonchev–Trinajstić information content (AvgIpc) is 3.65. The summed E-state index contributed by atoms with van der Waals surface area (Å²) in [6.07, 6.45) is -0.589. The summed E-state index contributed by atoms with van der Waals surface area (Å²) in [5, 5.41) is 15.4. The molecule has 4 fully saturated rings. The number of rotatable bonds is 12. The molecule has 1 saturated heterocycles. The van der Waals surface area contributed by atoms with Crippen molar-refractivity contribution in [3.05, 3.63) is 87.7 Å². The summed E-state index contributed by atoms with van der Waals surface area (Å²) in [7, 11) is -3.46. The number of benzene rings is 2. The van der Waals surface area contributed by atoms with E-state index in [1.165, 1.54) is 5.56 Å². The van der Waals surface area contributed by atoms with Crippen LogP contribution in [0, 0.1) is 23.7 Å². The van der Waals surface area contributed by atoms with Crippen molar-refractivity contribution in [2.45, 2.75) is 95.4 Å². The molecule has 9 rings (SSSR count). The Kier molecular flexibility index (Phi) is 9.07. The highest BCUT2D eigenvalue weighted by Crippen LogP contribution is 2.68. The number of fused-ring (bicyclic) bond motifs is 2. The van der Waals surface area contributed by atoms with Crippen LogP contribution < -0.4 is 10.0 Å². The fourth-order valence-electron chi connectivity index (χ4n) is 8.96. The first-order chi connectivity index (χ1) is 25.2. The van der Waals surface area contributed by atoms with Gasteiger partial charge in [-0.3, -0.25) is 4.90 Å². The van der Waals surface area contributed by atoms with Gasteiger partial charge < -0.3 is 9.88 Å². The smallest absolute Gasteiger partial charge is 0.367 e. The summed E-state index contributed by atoms with van der Waals surface area (Å²) in [4.78, 5) is 12.4. The molecule has 2 bridgehead atoms. The average molecular weight is 762 g/mol. The number of alkyl halides is 3. The van der Waals surface area contributed by atoms with Crippen molar-refractivity contribution in [1.29, 1.82) is 5.26 Å². The fourth-order valence-corrected chi connectivity index (χ4v) is 11.6. The zero-order chi connectivity index (χ0) is 37.2. The van der Waals surface area contributed by atoms with Gasteiger partial charge in [-0.25, -0.2) is 23.1 Å². The number of sulfonamides is 1. The van der Waals surface area contributed by atoms with Gasteiger partial charge in [0, 0.05) is 60.0 Å². The maximum Gasteiger partial charge on any atom is 0.393 e. The van der Waals surface area contributed by atoms with Gasteiger partial charge in [-0.2, -0.15) is 18.4 Å². The molecular weight excluding hydrogens is 720 g/mol. The van der Waals surface area contributed by atoms with Crippen LogP contribution in [0.15, 0.2) is 54.6 Å². The predicted molar refractivity (Wildman–Crippen MR) is 201 cm³/mol. The number of nitrogens with one attached hydrogen (secondary N) is 2. The fraction of sp³-hybridized carbons (Fsp3) is 0.462. The molecule has 14 heteroatoms. The number of nitriles is 1. The van der Waals surface area contributed by atoms with Gasteiger partial charge in [0.1, 0.15) is 28.2 Å². The SMILES string of the molecule is CCc1nc(NC2CCN(Cc3ccc4c(cc(C#N)n4CC45CC(NS(=O)(=O)Cc6ccccc6)(C4)C5)c3C)CC2)c2cc(CC(F)(F)F)sc2n1. The van der Waals surface area contributed by atoms with Crippen LogP contribution in [-0.2, 0) is 41.7 Å². The third-order valence-corrected chi connectivity index (χ3v) is 13.8. The number of piperidine rings is 1. The highest BCUT2D eigenvalue weighted by atomic mass is 32.2. The third-order valence-electron chi connectivity index (χ3n) is 11.3. The monoisotopic (exact) mass is 761 g/mol. The topological polar surface area (TPSA) is 116 Å². The van der Waals surface area contributed by atoms with Crippen LogP contribution in [0.2, 0.25) is 0 Å². The number of thiophene rings is 1. The Bertz CT molecular complexity index is 2320. The van der Waals surface area contributed by atoms with Crippen LogP contribution >= 0.6 is 11.3 Å². The summed E-state index contributed by atoms with van der Waals surface area (Å²) >= 11 is 1.09. The predicted octanol–water partition coefficient (Wildman–Crippen LogP) is 7.61. The van der Waals surface area contributed by atoms with Gasteiger partial charge in [0.25, 0.3) is 0 Å². The molecule has 3 aromatic heterocycles. The summed E-state index contributed by atoms with van der Waals surface area (Å²) in [5.74, 6) is 1.21. The normalized spacial score (nSPS) is 22.1. The summed E-state index contributed by atoms with van der Waals surface area (Å²) in [6.45, 7) is 7.24. The van der Waals surface area contributed by atoms with Gasteiger partial charge in [-0.15, -0.1) is 11.3 Å². The second-order valence-corrected chi connectivity index (χ2v) is 18.3. The van der Waals surface area contributed by atoms with E-state index in [0.717, 1.165) is 85.1 Å². The highest BCUT2D eigenvalue weighted by molar-refractivity contribution is 7.88. The summed E-state index contributed by atoms with van der Waals surface area (Å²) in [5.41, 5.74) is 4.40. The van der Waals surface area contributed by atoms with E-state index in [4.69, 9.17) is 0 Å². The second kappa shape index (κ2) is 13.4. The number of anilines is 1. The molecule has 1 aliphatic heterocycles. The van der Waals surface area contributed by atoms with Crippen molar-refractivity contribution in [3.8, 4) is 6.07 Å². The molecule has 9 nitrogen and oxygen atoms in total. The van der Waals surface area contributed by atoms with E-state index in [1.54, 1.807) is 6.07 Å². The number of nitrogens with zero attached hydrogens (tertiary/aromatic N) is 5. The van der Waals surface area contributed by atoms with Crippen LogP contribution in [0.1, 0.15) is 72.1 Å². The molecule has 0 atom stereocenters. The number of aryl methyl sites for hydroxylation is 2. The van der Waals surface area contributed by atoms with Gasteiger partial charge in [0.2, 0.25) is 10.0 Å². The van der Waals surface area contributed by atoms with E-state index in [1.807, 2.05) is 43.3 Å². The van der Waals surface area contributed by atoms with E-state index in [0.29, 0.717) is 40.5 Å². The second-order valence-electron chi connectivity index (χ2n) is 15.4. The Morgan fingerprint density at radius 3 is 2.45 bits per heavy atom. The van der Waals surface area contributed by atoms with Crippen molar-refractivity contribution >= 4 is 48.3 Å². The molecule has 3 saturated carbocycles. The number of hydrogen-bond donors (Lipinski definition) is 2. The molecule has 0 radical (unpaired) electrons. The van der Waals surface area contributed by atoms with E-state index < -0.39 is 22.6 Å². The number of hydrogen-bond acceptors (Lipinski definition) is 8. The Labute approximate surface area is 311 Å². The van der Waals surface area contributed by atoms with E-state index in [2.05, 4.69) is 54.6 Å². The molecular formula is C39H42F3N7O2S2. The van der Waals surface area contributed by atoms with Crippen LogP contribution in [0.4, 0.5) is 19.0 Å². The zero-order valence-electron chi connectivity index (χ0n) is 29.8. The third kappa shape index (κ3) is 7.28. The van der Waals surface area contributed by atoms with Gasteiger partial charge in [-0.1, -0.05) is 43.3 Å². The minimum Gasteiger partial charge on any atom is -0.367 e. The van der Waals surface area contributed by atoms with Crippen LogP contribution in [-0.4, -0.2) is 58.7 Å². The maximum absolute atomic E-state index is 13.1. The summed E-state index contributed by atoms with van der Waals surface area (Å²) < 4.78 is 70.3. The number of halogens is 3. The highest BCUT2D eigenvalue weighted by Gasteiger charge is 2.68. The van der Waals surface area contributed by atoms with Crippen molar-refractivity contribution in [2.24, 2.45) is 5.41 Å². The van der Waals surface area contributed by atoms with Gasteiger partial charge in [0.15, 0.2) is 0 Å². The molecule has 4 heterocycles. The quantitative estimate of drug-likeness (QED) is 0.135. The van der Waals surface area contributed by atoms with E-state index in [-0.39, 0.29) is 27.6 Å². The van der Waals surface area contributed by atoms with Crippen molar-refractivity contribution in [2.75, 3.05) is 18.4 Å². The van der Waals surface area contributed by atoms with E-state index in [9.17, 15) is 26.9 Å². The summed E-state index contributed by atoms with van der Waals surface area (Å²) in [6, 6.07) is 19.6. The lowest BCUT2D eigenvalue weighted by atomic mass is 9.40. The van der Waals surface area contributed by atoms with Gasteiger partial charge in [-0.05, 0) is 79.3 Å². The molecule has 2 N–H and O–H groups in total. The minimum atomic E-state index is -4.27. The maximum atomic E-state index is 13.1. The lowest BCUT2D eigenvalue weighted by Crippen LogP contribution is -2.75. The molecule has 0 spiro atoms. The lowest BCUT2D eigenvalue weighted by molar-refractivity contribution is -0.151. The zero-order valence-corrected chi connectivity index (χ0v) is 31.4. The van der Waals surface area contributed by atoms with Crippen molar-refractivity contribution < 1.29 is 21.6 Å². The molecule has 278 valence electrons. The Balaban J connectivity index is 0.898. The molecule has 2 aromatic carbocycles. The first-order valence-electron chi connectivity index (χ1n) is 18.2. The number of likely N-dealkylation sites (tertiary alicyclic amines) is 1. The van der Waals surface area contributed by atoms with Gasteiger partial charge >= 0.3 is 6.18 Å². The molecule has 5 aromatic rings. The van der Waals surface area contributed by atoms with Crippen LogP contribution in [0.25, 0.3) is 21.1 Å². The van der Waals surface area contributed by atoms with Gasteiger partial charge in [0.05, 0.1) is 17.6 Å². The molecule has 0 unspecified atom stereocenters. The lowest BCUT2D eigenvalue weighted by Gasteiger charge is -2.70. The Morgan fingerprint density at radius 2 is 1.77 bits per heavy atom. The molecule has 4 aliphatic rings. The van der Waals surface area contributed by atoms with Crippen molar-refractivity contribution in [1.82, 2.24) is 24.2 Å². The first-order valence-corrected chi connectivity index (χ1v) is 20.6. The van der Waals surface area contributed by atoms with E-state index >= 15 is 0 Å². The standard InChI is InChI=1S/C39H42F3N7O2S2/c1-3-34-45-35(32-16-30(17-39(40,41)42)52-36(32)46-34)44-28-11-13-48(14-12-28)19-27-9-10-33-31(25(27)2)15-29(18-43)49(33)24-37-21-38(22-37,23-37)47-53(50,51)20-26-7-5-4-6-8-26/h4-10,15-16,28,47H,3,11-14,17,19-24H2,1-2H3,(H,44,45,46). The molecule has 3 aliphatic carbocycles. The minimum absolute atomic E-state index is 0.0117. The Hall–Kier alpha value is -4.03. The van der Waals surface area contributed by atoms with Crippen LogP contribution in [0.3, 0.4) is 0 Å². The Morgan fingerprint density at radius 1 is 1.04 bits per heavy atom. The molecule has 0 amide bonds. The first kappa shape index (κ1) is 36.0. The largest absolute Gasteiger partial charge is 0.393 e. The number of aromatic nitrogens is 3. The molecule has 53 heavy (non-hydrogen) atoms.